The van der Waals surface area contributed by atoms with E-state index in [1.165, 1.54) is 12.1 Å². The molecule has 2 aliphatic rings. The molecule has 2 aliphatic heterocycles. The van der Waals surface area contributed by atoms with E-state index >= 15 is 0 Å². The van der Waals surface area contributed by atoms with E-state index in [0.29, 0.717) is 23.4 Å². The van der Waals surface area contributed by atoms with Gasteiger partial charge in [0.2, 0.25) is 0 Å². The molecule has 0 spiro atoms. The predicted octanol–water partition coefficient (Wildman–Crippen LogP) is 1.74. The van der Waals surface area contributed by atoms with Crippen molar-refractivity contribution in [1.82, 2.24) is 5.32 Å². The highest BCUT2D eigenvalue weighted by molar-refractivity contribution is 5.54. The van der Waals surface area contributed by atoms with E-state index in [1.54, 1.807) is 6.07 Å². The third-order valence-corrected chi connectivity index (χ3v) is 4.28. The van der Waals surface area contributed by atoms with E-state index in [-0.39, 0.29) is 5.82 Å². The summed E-state index contributed by atoms with van der Waals surface area (Å²) in [7, 11) is 0. The maximum Gasteiger partial charge on any atom is 0.126 e. The summed E-state index contributed by atoms with van der Waals surface area (Å²) < 4.78 is 13.5. The van der Waals surface area contributed by atoms with Gasteiger partial charge in [0.15, 0.2) is 0 Å². The van der Waals surface area contributed by atoms with Gasteiger partial charge < -0.3 is 10.2 Å². The minimum atomic E-state index is -0.327. The average molecular weight is 245 g/mol. The van der Waals surface area contributed by atoms with Crippen molar-refractivity contribution in [1.29, 1.82) is 5.26 Å². The van der Waals surface area contributed by atoms with Crippen molar-refractivity contribution in [3.8, 4) is 6.07 Å². The Hall–Kier alpha value is -1.60. The van der Waals surface area contributed by atoms with Crippen molar-refractivity contribution in [3.05, 3.63) is 29.6 Å². The minimum absolute atomic E-state index is 0.327. The first-order valence-corrected chi connectivity index (χ1v) is 6.37. The lowest BCUT2D eigenvalue weighted by atomic mass is 9.95. The van der Waals surface area contributed by atoms with Gasteiger partial charge in [0, 0.05) is 31.4 Å². The molecule has 3 atom stereocenters. The molecule has 0 radical (unpaired) electrons. The van der Waals surface area contributed by atoms with Crippen molar-refractivity contribution >= 4 is 5.69 Å². The van der Waals surface area contributed by atoms with Gasteiger partial charge in [0.05, 0.1) is 11.6 Å². The largest absolute Gasteiger partial charge is 0.368 e. The maximum absolute atomic E-state index is 13.5. The summed E-state index contributed by atoms with van der Waals surface area (Å²) in [5, 5.41) is 12.3. The highest BCUT2D eigenvalue weighted by Crippen LogP contribution is 2.36. The van der Waals surface area contributed by atoms with E-state index in [2.05, 4.69) is 17.1 Å². The number of halogens is 1. The number of rotatable bonds is 1. The molecule has 0 bridgehead atoms. The second-order valence-electron chi connectivity index (χ2n) is 5.29. The van der Waals surface area contributed by atoms with Gasteiger partial charge in [0.25, 0.3) is 0 Å². The van der Waals surface area contributed by atoms with E-state index in [9.17, 15) is 4.39 Å². The van der Waals surface area contributed by atoms with Crippen molar-refractivity contribution in [2.45, 2.75) is 13.0 Å². The summed E-state index contributed by atoms with van der Waals surface area (Å²) in [4.78, 5) is 2.24. The molecule has 0 amide bonds. The van der Waals surface area contributed by atoms with Gasteiger partial charge in [-0.3, -0.25) is 0 Å². The first kappa shape index (κ1) is 11.5. The summed E-state index contributed by atoms with van der Waals surface area (Å²) in [5.41, 5.74) is 1.24. The molecule has 1 aromatic rings. The number of fused-ring (bicyclic) bond motifs is 1. The van der Waals surface area contributed by atoms with Crippen LogP contribution in [0.3, 0.4) is 0 Å². The Morgan fingerprint density at radius 1 is 1.39 bits per heavy atom. The lowest BCUT2D eigenvalue weighted by Crippen LogP contribution is -2.33. The quantitative estimate of drug-likeness (QED) is 0.819. The molecule has 1 N–H and O–H groups in total. The molecule has 3 nitrogen and oxygen atoms in total. The number of nitrogens with zero attached hydrogens (tertiary/aromatic N) is 2. The van der Waals surface area contributed by atoms with Crippen molar-refractivity contribution in [3.63, 3.8) is 0 Å². The zero-order valence-electron chi connectivity index (χ0n) is 10.4. The third-order valence-electron chi connectivity index (χ3n) is 4.28. The summed E-state index contributed by atoms with van der Waals surface area (Å²) in [6.45, 7) is 5.23. The minimum Gasteiger partial charge on any atom is -0.368 e. The zero-order valence-corrected chi connectivity index (χ0v) is 10.4. The van der Waals surface area contributed by atoms with Gasteiger partial charge in [-0.25, -0.2) is 4.39 Å². The van der Waals surface area contributed by atoms with Crippen LogP contribution in [0.2, 0.25) is 0 Å². The Morgan fingerprint density at radius 3 is 2.94 bits per heavy atom. The van der Waals surface area contributed by atoms with Gasteiger partial charge in [-0.15, -0.1) is 0 Å². The van der Waals surface area contributed by atoms with Crippen LogP contribution in [0.1, 0.15) is 12.5 Å². The molecule has 4 heteroatoms. The molecule has 94 valence electrons. The first-order valence-electron chi connectivity index (χ1n) is 6.37. The fourth-order valence-electron chi connectivity index (χ4n) is 3.31. The Kier molecular flexibility index (Phi) is 2.71. The summed E-state index contributed by atoms with van der Waals surface area (Å²) in [6.07, 6.45) is 0. The lowest BCUT2D eigenvalue weighted by Gasteiger charge is -2.26. The molecule has 3 rings (SSSR count). The topological polar surface area (TPSA) is 39.1 Å². The summed E-state index contributed by atoms with van der Waals surface area (Å²) >= 11 is 0. The van der Waals surface area contributed by atoms with Crippen LogP contribution in [0, 0.1) is 29.0 Å². The monoisotopic (exact) mass is 245 g/mol. The van der Waals surface area contributed by atoms with Gasteiger partial charge in [0.1, 0.15) is 5.82 Å². The van der Waals surface area contributed by atoms with E-state index in [1.807, 2.05) is 6.07 Å². The van der Waals surface area contributed by atoms with Crippen LogP contribution >= 0.6 is 0 Å². The van der Waals surface area contributed by atoms with E-state index in [4.69, 9.17) is 5.26 Å². The van der Waals surface area contributed by atoms with Gasteiger partial charge in [-0.05, 0) is 37.0 Å². The third kappa shape index (κ3) is 1.75. The van der Waals surface area contributed by atoms with Crippen molar-refractivity contribution in [2.75, 3.05) is 24.5 Å². The predicted molar refractivity (Wildman–Crippen MR) is 67.8 cm³/mol. The van der Waals surface area contributed by atoms with Crippen LogP contribution in [-0.4, -0.2) is 25.7 Å². The zero-order chi connectivity index (χ0) is 12.7. The lowest BCUT2D eigenvalue weighted by molar-refractivity contribution is 0.471. The van der Waals surface area contributed by atoms with Crippen LogP contribution in [-0.2, 0) is 0 Å². The Balaban J connectivity index is 1.92. The molecule has 2 fully saturated rings. The fourth-order valence-corrected chi connectivity index (χ4v) is 3.31. The molecule has 2 saturated heterocycles. The number of hydrogen-bond donors (Lipinski definition) is 1. The molecule has 1 aromatic carbocycles. The van der Waals surface area contributed by atoms with Crippen LogP contribution in [0.5, 0.6) is 0 Å². The van der Waals surface area contributed by atoms with Crippen LogP contribution in [0.15, 0.2) is 18.2 Å². The van der Waals surface area contributed by atoms with Crippen LogP contribution < -0.4 is 10.2 Å². The molecule has 0 aliphatic carbocycles. The van der Waals surface area contributed by atoms with Gasteiger partial charge >= 0.3 is 0 Å². The second-order valence-corrected chi connectivity index (χ2v) is 5.29. The number of nitrogens with one attached hydrogen (secondary N) is 1. The highest BCUT2D eigenvalue weighted by atomic mass is 19.1. The standard InChI is InChI=1S/C14H16FN3/c1-9-14-7-17-6-11(14)8-18(9)13-3-10(5-16)2-12(15)4-13/h2-4,9,11,14,17H,6-8H2,1H3. The maximum atomic E-state index is 13.5. The molecule has 0 aromatic heterocycles. The molecule has 3 unspecified atom stereocenters. The van der Waals surface area contributed by atoms with Crippen LogP contribution in [0.4, 0.5) is 10.1 Å². The molecule has 18 heavy (non-hydrogen) atoms. The highest BCUT2D eigenvalue weighted by Gasteiger charge is 2.41. The first-order chi connectivity index (χ1) is 8.69. The van der Waals surface area contributed by atoms with Gasteiger partial charge in [-0.1, -0.05) is 0 Å². The fraction of sp³-hybridized carbons (Fsp3) is 0.500. The average Bonchev–Trinajstić information content (AvgIpc) is 2.92. The summed E-state index contributed by atoms with van der Waals surface area (Å²) in [5.74, 6) is 0.957. The number of hydrogen-bond acceptors (Lipinski definition) is 3. The second kappa shape index (κ2) is 4.25. The SMILES string of the molecule is CC1C2CNCC2CN1c1cc(F)cc(C#N)c1. The van der Waals surface area contributed by atoms with E-state index in [0.717, 1.165) is 25.3 Å². The van der Waals surface area contributed by atoms with Gasteiger partial charge in [-0.2, -0.15) is 5.26 Å². The van der Waals surface area contributed by atoms with Crippen LogP contribution in [0.25, 0.3) is 0 Å². The number of benzene rings is 1. The smallest absolute Gasteiger partial charge is 0.126 e. The molecular formula is C14H16FN3. The molecular weight excluding hydrogens is 229 g/mol. The molecule has 0 saturated carbocycles. The normalized spacial score (nSPS) is 30.3. The Labute approximate surface area is 106 Å². The Bertz CT molecular complexity index is 508. The Morgan fingerprint density at radius 2 is 2.22 bits per heavy atom. The van der Waals surface area contributed by atoms with Crippen molar-refractivity contribution < 1.29 is 4.39 Å². The number of anilines is 1. The molecule has 2 heterocycles. The van der Waals surface area contributed by atoms with Crippen molar-refractivity contribution in [2.24, 2.45) is 11.8 Å². The summed E-state index contributed by atoms with van der Waals surface area (Å²) in [6, 6.07) is 7.02. The number of nitriles is 1. The van der Waals surface area contributed by atoms with E-state index < -0.39 is 0 Å².